The van der Waals surface area contributed by atoms with Gasteiger partial charge in [-0.05, 0) is 31.2 Å². The van der Waals surface area contributed by atoms with Crippen LogP contribution in [0.3, 0.4) is 0 Å². The Bertz CT molecular complexity index is 696. The lowest BCUT2D eigenvalue weighted by Crippen LogP contribution is -2.51. The van der Waals surface area contributed by atoms with Crippen LogP contribution in [0.5, 0.6) is 0 Å². The summed E-state index contributed by atoms with van der Waals surface area (Å²) in [5.74, 6) is 0.166. The highest BCUT2D eigenvalue weighted by Gasteiger charge is 2.29. The topological polar surface area (TPSA) is 36.4 Å². The Morgan fingerprint density at radius 2 is 1.96 bits per heavy atom. The molecule has 4 nitrogen and oxygen atoms in total. The van der Waals surface area contributed by atoms with E-state index in [4.69, 9.17) is 0 Å². The first-order valence-corrected chi connectivity index (χ1v) is 10.5. The molecule has 0 atom stereocenters. The average Bonchev–Trinajstić information content (AvgIpc) is 3.35. The van der Waals surface area contributed by atoms with E-state index in [0.717, 1.165) is 52.7 Å². The Hall–Kier alpha value is -1.24. The number of hydrogen-bond donors (Lipinski definition) is 0. The highest BCUT2D eigenvalue weighted by atomic mass is 32.1. The third kappa shape index (κ3) is 3.15. The van der Waals surface area contributed by atoms with Crippen LogP contribution in [0.1, 0.15) is 41.0 Å². The van der Waals surface area contributed by atoms with Crippen LogP contribution in [0.2, 0.25) is 0 Å². The van der Waals surface area contributed by atoms with Crippen LogP contribution in [0.25, 0.3) is 9.88 Å². The van der Waals surface area contributed by atoms with Gasteiger partial charge in [-0.25, -0.2) is 4.98 Å². The fraction of sp³-hybridized carbons (Fsp3) is 0.556. The zero-order valence-corrected chi connectivity index (χ0v) is 15.7. The van der Waals surface area contributed by atoms with Gasteiger partial charge >= 0.3 is 0 Å². The number of nitrogens with zero attached hydrogens (tertiary/aromatic N) is 3. The maximum atomic E-state index is 12.9. The van der Waals surface area contributed by atoms with E-state index in [1.165, 1.54) is 37.0 Å². The number of carbonyl (C=O) groups excluding carboxylic acids is 1. The molecule has 6 heteroatoms. The number of aryl methyl sites for hydroxylation is 1. The van der Waals surface area contributed by atoms with E-state index in [-0.39, 0.29) is 5.91 Å². The molecule has 0 radical (unpaired) electrons. The van der Waals surface area contributed by atoms with Crippen molar-refractivity contribution in [2.24, 2.45) is 0 Å². The van der Waals surface area contributed by atoms with Gasteiger partial charge in [-0.2, -0.15) is 0 Å². The number of amides is 1. The molecule has 2 aromatic heterocycles. The molecule has 4 rings (SSSR count). The molecule has 2 fully saturated rings. The number of hydrogen-bond acceptors (Lipinski definition) is 5. The Labute approximate surface area is 151 Å². The number of thiophene rings is 1. The summed E-state index contributed by atoms with van der Waals surface area (Å²) in [6.45, 7) is 5.69. The van der Waals surface area contributed by atoms with Gasteiger partial charge in [0.05, 0.1) is 10.6 Å². The van der Waals surface area contributed by atoms with Crippen LogP contribution in [0, 0.1) is 6.92 Å². The van der Waals surface area contributed by atoms with Crippen molar-refractivity contribution >= 4 is 28.6 Å². The van der Waals surface area contributed by atoms with Crippen LogP contribution in [0.4, 0.5) is 0 Å². The molecule has 1 amide bonds. The van der Waals surface area contributed by atoms with Crippen molar-refractivity contribution < 1.29 is 4.79 Å². The molecule has 0 N–H and O–H groups in total. The summed E-state index contributed by atoms with van der Waals surface area (Å²) >= 11 is 3.22. The summed E-state index contributed by atoms with van der Waals surface area (Å²) in [5.41, 5.74) is 0.867. The highest BCUT2D eigenvalue weighted by molar-refractivity contribution is 7.22. The minimum absolute atomic E-state index is 0.166. The Morgan fingerprint density at radius 1 is 1.21 bits per heavy atom. The first-order valence-electron chi connectivity index (χ1n) is 8.77. The number of carbonyl (C=O) groups is 1. The van der Waals surface area contributed by atoms with Crippen molar-refractivity contribution in [1.29, 1.82) is 0 Å². The molecule has 3 heterocycles. The fourth-order valence-corrected chi connectivity index (χ4v) is 5.63. The molecule has 1 saturated carbocycles. The largest absolute Gasteiger partial charge is 0.335 e. The van der Waals surface area contributed by atoms with E-state index in [0.29, 0.717) is 0 Å². The zero-order chi connectivity index (χ0) is 16.5. The standard InChI is InChI=1S/C18H23N3OS2/c1-13-16(24-17(19-13)15-7-4-12-23-15)18(22)21-10-8-20(9-11-21)14-5-2-3-6-14/h4,7,12,14H,2-3,5-6,8-11H2,1H3. The zero-order valence-electron chi connectivity index (χ0n) is 14.0. The van der Waals surface area contributed by atoms with Gasteiger partial charge in [-0.3, -0.25) is 9.69 Å². The second-order valence-corrected chi connectivity index (χ2v) is 8.62. The van der Waals surface area contributed by atoms with Gasteiger partial charge in [-0.15, -0.1) is 22.7 Å². The number of piperazine rings is 1. The molecule has 0 spiro atoms. The predicted octanol–water partition coefficient (Wildman–Crippen LogP) is 3.88. The lowest BCUT2D eigenvalue weighted by atomic mass is 10.1. The highest BCUT2D eigenvalue weighted by Crippen LogP contribution is 2.32. The van der Waals surface area contributed by atoms with Crippen LogP contribution in [-0.2, 0) is 0 Å². The quantitative estimate of drug-likeness (QED) is 0.832. The van der Waals surface area contributed by atoms with Gasteiger partial charge in [0.15, 0.2) is 0 Å². The van der Waals surface area contributed by atoms with Crippen LogP contribution in [-0.4, -0.2) is 52.9 Å². The summed E-state index contributed by atoms with van der Waals surface area (Å²) in [7, 11) is 0. The lowest BCUT2D eigenvalue weighted by molar-refractivity contribution is 0.0577. The molecular formula is C18H23N3OS2. The average molecular weight is 362 g/mol. The SMILES string of the molecule is Cc1nc(-c2cccs2)sc1C(=O)N1CCN(C2CCCC2)CC1. The van der Waals surface area contributed by atoms with Gasteiger partial charge < -0.3 is 4.90 Å². The van der Waals surface area contributed by atoms with Gasteiger partial charge in [0.25, 0.3) is 5.91 Å². The summed E-state index contributed by atoms with van der Waals surface area (Å²) in [5, 5.41) is 3.02. The maximum Gasteiger partial charge on any atom is 0.265 e. The molecule has 1 aliphatic carbocycles. The molecule has 0 bridgehead atoms. The van der Waals surface area contributed by atoms with Crippen molar-refractivity contribution in [2.75, 3.05) is 26.2 Å². The molecule has 2 aromatic rings. The third-order valence-corrected chi connectivity index (χ3v) is 7.35. The van der Waals surface area contributed by atoms with Gasteiger partial charge in [0.1, 0.15) is 9.88 Å². The van der Waals surface area contributed by atoms with Crippen molar-refractivity contribution in [1.82, 2.24) is 14.8 Å². The minimum atomic E-state index is 0.166. The van der Waals surface area contributed by atoms with Crippen molar-refractivity contribution in [3.05, 3.63) is 28.1 Å². The van der Waals surface area contributed by atoms with Crippen molar-refractivity contribution in [3.63, 3.8) is 0 Å². The molecular weight excluding hydrogens is 338 g/mol. The second kappa shape index (κ2) is 6.94. The first-order chi connectivity index (χ1) is 11.7. The Balaban J connectivity index is 1.43. The fourth-order valence-electron chi connectivity index (χ4n) is 3.80. The summed E-state index contributed by atoms with van der Waals surface area (Å²) in [6.07, 6.45) is 5.42. The van der Waals surface area contributed by atoms with E-state index < -0.39 is 0 Å². The molecule has 0 unspecified atom stereocenters. The number of aromatic nitrogens is 1. The normalized spacial score (nSPS) is 20.0. The summed E-state index contributed by atoms with van der Waals surface area (Å²) < 4.78 is 0. The van der Waals surface area contributed by atoms with Crippen molar-refractivity contribution in [3.8, 4) is 9.88 Å². The molecule has 2 aliphatic rings. The van der Waals surface area contributed by atoms with Gasteiger partial charge in [-0.1, -0.05) is 18.9 Å². The van der Waals surface area contributed by atoms with E-state index >= 15 is 0 Å². The monoisotopic (exact) mass is 361 g/mol. The number of thiazole rings is 1. The lowest BCUT2D eigenvalue weighted by Gasteiger charge is -2.37. The number of rotatable bonds is 3. The van der Waals surface area contributed by atoms with Crippen LogP contribution < -0.4 is 0 Å². The first kappa shape index (κ1) is 16.2. The van der Waals surface area contributed by atoms with E-state index in [9.17, 15) is 4.79 Å². The molecule has 0 aromatic carbocycles. The van der Waals surface area contributed by atoms with Gasteiger partial charge in [0.2, 0.25) is 0 Å². The predicted molar refractivity (Wildman–Crippen MR) is 99.9 cm³/mol. The van der Waals surface area contributed by atoms with Gasteiger partial charge in [0, 0.05) is 32.2 Å². The summed E-state index contributed by atoms with van der Waals surface area (Å²) in [4.78, 5) is 24.1. The minimum Gasteiger partial charge on any atom is -0.335 e. The van der Waals surface area contributed by atoms with Crippen LogP contribution in [0.15, 0.2) is 17.5 Å². The Kier molecular flexibility index (Phi) is 4.70. The summed E-state index contributed by atoms with van der Waals surface area (Å²) in [6, 6.07) is 4.86. The van der Waals surface area contributed by atoms with Crippen molar-refractivity contribution in [2.45, 2.75) is 38.6 Å². The smallest absolute Gasteiger partial charge is 0.265 e. The molecule has 1 aliphatic heterocycles. The van der Waals surface area contributed by atoms with E-state index in [2.05, 4.69) is 21.3 Å². The van der Waals surface area contributed by atoms with Crippen LogP contribution >= 0.6 is 22.7 Å². The molecule has 1 saturated heterocycles. The van der Waals surface area contributed by atoms with E-state index in [1.807, 2.05) is 17.9 Å². The molecule has 128 valence electrons. The maximum absolute atomic E-state index is 12.9. The second-order valence-electron chi connectivity index (χ2n) is 6.68. The Morgan fingerprint density at radius 3 is 2.62 bits per heavy atom. The molecule has 24 heavy (non-hydrogen) atoms. The van der Waals surface area contributed by atoms with E-state index in [1.54, 1.807) is 11.3 Å². The third-order valence-electron chi connectivity index (χ3n) is 5.17.